The second kappa shape index (κ2) is 13.2. The Morgan fingerprint density at radius 2 is 1.65 bits per heavy atom. The fraction of sp³-hybridized carbons (Fsp3) is 0.600. The molecule has 1 aromatic carbocycles. The van der Waals surface area contributed by atoms with Crippen molar-refractivity contribution in [2.75, 3.05) is 6.54 Å². The Labute approximate surface area is 106 Å². The zero-order chi connectivity index (χ0) is 13.7. The van der Waals surface area contributed by atoms with E-state index in [2.05, 4.69) is 5.32 Å². The number of hydrogen-bond donors (Lipinski definition) is 1. The second-order valence-corrected chi connectivity index (χ2v) is 3.06. The molecule has 0 aliphatic heterocycles. The molecule has 1 rings (SSSR count). The maximum absolute atomic E-state index is 13.3. The normalized spacial score (nSPS) is 8.65. The quantitative estimate of drug-likeness (QED) is 0.815. The van der Waals surface area contributed by atoms with Crippen LogP contribution in [0.2, 0.25) is 0 Å². The van der Waals surface area contributed by atoms with Crippen molar-refractivity contribution >= 4 is 0 Å². The number of aryl methyl sites for hydroxylation is 1. The molecule has 0 radical (unpaired) electrons. The Hall–Kier alpha value is -0.890. The van der Waals surface area contributed by atoms with Gasteiger partial charge in [-0.2, -0.15) is 0 Å². The van der Waals surface area contributed by atoms with Gasteiger partial charge in [0.2, 0.25) is 0 Å². The first-order valence-corrected chi connectivity index (χ1v) is 6.76. The van der Waals surface area contributed by atoms with Crippen LogP contribution >= 0.6 is 0 Å². The fourth-order valence-corrected chi connectivity index (χ4v) is 1.21. The van der Waals surface area contributed by atoms with Gasteiger partial charge in [0.05, 0.1) is 0 Å². The molecule has 0 saturated carbocycles. The summed E-state index contributed by atoms with van der Waals surface area (Å²) in [6.07, 6.45) is 0.887. The van der Waals surface area contributed by atoms with Crippen molar-refractivity contribution in [2.24, 2.45) is 0 Å². The molecule has 0 unspecified atom stereocenters. The Balaban J connectivity index is 0. The SMILES string of the molecule is CC.CC.CCNCc1ccc(CC)cc1F. The van der Waals surface area contributed by atoms with Crippen molar-refractivity contribution in [2.45, 2.75) is 54.5 Å². The van der Waals surface area contributed by atoms with Crippen molar-refractivity contribution in [1.82, 2.24) is 5.32 Å². The third-order valence-corrected chi connectivity index (χ3v) is 2.09. The van der Waals surface area contributed by atoms with Gasteiger partial charge in [-0.15, -0.1) is 0 Å². The Kier molecular flexibility index (Phi) is 14.3. The van der Waals surface area contributed by atoms with Gasteiger partial charge in [0.25, 0.3) is 0 Å². The van der Waals surface area contributed by atoms with Crippen molar-refractivity contribution < 1.29 is 4.39 Å². The third-order valence-electron chi connectivity index (χ3n) is 2.09. The van der Waals surface area contributed by atoms with E-state index < -0.39 is 0 Å². The minimum atomic E-state index is -0.0969. The molecule has 0 spiro atoms. The average molecular weight is 241 g/mol. The van der Waals surface area contributed by atoms with Gasteiger partial charge in [0, 0.05) is 12.1 Å². The van der Waals surface area contributed by atoms with Crippen molar-refractivity contribution in [3.05, 3.63) is 35.1 Å². The molecule has 0 bridgehead atoms. The van der Waals surface area contributed by atoms with E-state index in [1.807, 2.05) is 53.7 Å². The van der Waals surface area contributed by atoms with Gasteiger partial charge in [-0.3, -0.25) is 0 Å². The van der Waals surface area contributed by atoms with Crippen LogP contribution in [0.15, 0.2) is 18.2 Å². The number of nitrogens with one attached hydrogen (secondary N) is 1. The van der Waals surface area contributed by atoms with Crippen LogP contribution in [0.4, 0.5) is 4.39 Å². The van der Waals surface area contributed by atoms with Crippen LogP contribution in [-0.4, -0.2) is 6.54 Å². The van der Waals surface area contributed by atoms with Crippen LogP contribution in [0.25, 0.3) is 0 Å². The maximum Gasteiger partial charge on any atom is 0.127 e. The Morgan fingerprint density at radius 3 is 2.06 bits per heavy atom. The van der Waals surface area contributed by atoms with Gasteiger partial charge < -0.3 is 5.32 Å². The maximum atomic E-state index is 13.3. The molecule has 1 N–H and O–H groups in total. The number of halogens is 1. The molecule has 17 heavy (non-hydrogen) atoms. The lowest BCUT2D eigenvalue weighted by Crippen LogP contribution is -2.12. The molecular formula is C15H28FN. The summed E-state index contributed by atoms with van der Waals surface area (Å²) in [6, 6.07) is 5.46. The lowest BCUT2D eigenvalue weighted by molar-refractivity contribution is 0.591. The lowest BCUT2D eigenvalue weighted by Gasteiger charge is -2.05. The van der Waals surface area contributed by atoms with Gasteiger partial charge in [-0.1, -0.05) is 53.7 Å². The van der Waals surface area contributed by atoms with Crippen LogP contribution < -0.4 is 5.32 Å². The second-order valence-electron chi connectivity index (χ2n) is 3.06. The van der Waals surface area contributed by atoms with Gasteiger partial charge >= 0.3 is 0 Å². The van der Waals surface area contributed by atoms with Gasteiger partial charge in [0.15, 0.2) is 0 Å². The summed E-state index contributed by atoms with van der Waals surface area (Å²) in [7, 11) is 0. The highest BCUT2D eigenvalue weighted by molar-refractivity contribution is 5.24. The fourth-order valence-electron chi connectivity index (χ4n) is 1.21. The standard InChI is InChI=1S/C11H16FN.2C2H6/c1-3-9-5-6-10(8-13-4-2)11(12)7-9;2*1-2/h5-7,13H,3-4,8H2,1-2H3;2*1-2H3. The molecule has 2 heteroatoms. The lowest BCUT2D eigenvalue weighted by atomic mass is 10.1. The minimum absolute atomic E-state index is 0.0969. The molecule has 0 heterocycles. The molecule has 0 aromatic heterocycles. The molecule has 0 amide bonds. The summed E-state index contributed by atoms with van der Waals surface area (Å²) < 4.78 is 13.3. The zero-order valence-electron chi connectivity index (χ0n) is 12.2. The molecule has 0 aliphatic carbocycles. The number of hydrogen-bond acceptors (Lipinski definition) is 1. The zero-order valence-corrected chi connectivity index (χ0v) is 12.2. The highest BCUT2D eigenvalue weighted by Gasteiger charge is 2.01. The Morgan fingerprint density at radius 1 is 1.06 bits per heavy atom. The molecule has 0 atom stereocenters. The molecule has 100 valence electrons. The molecule has 1 nitrogen and oxygen atoms in total. The van der Waals surface area contributed by atoms with Gasteiger partial charge in [0.1, 0.15) is 5.82 Å². The minimum Gasteiger partial charge on any atom is -0.313 e. The van der Waals surface area contributed by atoms with E-state index >= 15 is 0 Å². The third kappa shape index (κ3) is 7.92. The number of rotatable bonds is 4. The van der Waals surface area contributed by atoms with E-state index in [1.165, 1.54) is 0 Å². The predicted molar refractivity (Wildman–Crippen MR) is 75.9 cm³/mol. The highest BCUT2D eigenvalue weighted by atomic mass is 19.1. The monoisotopic (exact) mass is 241 g/mol. The van der Waals surface area contributed by atoms with E-state index in [0.717, 1.165) is 24.1 Å². The average Bonchev–Trinajstić information content (AvgIpc) is 2.42. The van der Waals surface area contributed by atoms with Crippen LogP contribution in [-0.2, 0) is 13.0 Å². The van der Waals surface area contributed by atoms with Crippen molar-refractivity contribution in [1.29, 1.82) is 0 Å². The highest BCUT2D eigenvalue weighted by Crippen LogP contribution is 2.10. The van der Waals surface area contributed by atoms with Crippen LogP contribution in [0.1, 0.15) is 52.7 Å². The first kappa shape index (κ1) is 18.5. The van der Waals surface area contributed by atoms with E-state index in [9.17, 15) is 4.39 Å². The summed E-state index contributed by atoms with van der Waals surface area (Å²) in [5.74, 6) is -0.0969. The summed E-state index contributed by atoms with van der Waals surface area (Å²) in [5, 5.41) is 3.10. The summed E-state index contributed by atoms with van der Waals surface area (Å²) in [5.41, 5.74) is 1.80. The topological polar surface area (TPSA) is 12.0 Å². The van der Waals surface area contributed by atoms with E-state index in [4.69, 9.17) is 0 Å². The molecule has 0 fully saturated rings. The van der Waals surface area contributed by atoms with E-state index in [1.54, 1.807) is 6.07 Å². The summed E-state index contributed by atoms with van der Waals surface area (Å²) >= 11 is 0. The first-order valence-electron chi connectivity index (χ1n) is 6.76. The van der Waals surface area contributed by atoms with Crippen LogP contribution in [0.5, 0.6) is 0 Å². The van der Waals surface area contributed by atoms with Crippen molar-refractivity contribution in [3.63, 3.8) is 0 Å². The Bertz CT molecular complexity index is 272. The van der Waals surface area contributed by atoms with Gasteiger partial charge in [-0.25, -0.2) is 4.39 Å². The number of benzene rings is 1. The van der Waals surface area contributed by atoms with Crippen LogP contribution in [0, 0.1) is 5.82 Å². The molecular weight excluding hydrogens is 213 g/mol. The first-order chi connectivity index (χ1) is 8.27. The van der Waals surface area contributed by atoms with Gasteiger partial charge in [-0.05, 0) is 24.6 Å². The smallest absolute Gasteiger partial charge is 0.127 e. The summed E-state index contributed by atoms with van der Waals surface area (Å²) in [6.45, 7) is 13.5. The van der Waals surface area contributed by atoms with E-state index in [-0.39, 0.29) is 5.82 Å². The molecule has 0 aliphatic rings. The summed E-state index contributed by atoms with van der Waals surface area (Å²) in [4.78, 5) is 0. The predicted octanol–water partition coefficient (Wildman–Crippen LogP) is 4.55. The molecule has 0 saturated heterocycles. The largest absolute Gasteiger partial charge is 0.313 e. The van der Waals surface area contributed by atoms with Crippen LogP contribution in [0.3, 0.4) is 0 Å². The van der Waals surface area contributed by atoms with E-state index in [0.29, 0.717) is 6.54 Å². The van der Waals surface area contributed by atoms with Crippen molar-refractivity contribution in [3.8, 4) is 0 Å². The molecule has 1 aromatic rings.